The maximum Gasteiger partial charge on any atom is 0.256 e. The number of benzene rings is 2. The monoisotopic (exact) mass is 399 g/mol. The molecular weight excluding hydrogens is 370 g/mol. The summed E-state index contributed by atoms with van der Waals surface area (Å²) >= 11 is 0. The van der Waals surface area contributed by atoms with Gasteiger partial charge in [-0.1, -0.05) is 42.5 Å². The van der Waals surface area contributed by atoms with Gasteiger partial charge in [0.05, 0.1) is 5.57 Å². The highest BCUT2D eigenvalue weighted by atomic mass is 16.2. The van der Waals surface area contributed by atoms with Crippen molar-refractivity contribution in [2.45, 2.75) is 26.7 Å². The van der Waals surface area contributed by atoms with Crippen molar-refractivity contribution in [1.82, 2.24) is 9.88 Å². The van der Waals surface area contributed by atoms with E-state index in [2.05, 4.69) is 67.4 Å². The second-order valence-corrected chi connectivity index (χ2v) is 8.31. The largest absolute Gasteiger partial charge is 0.359 e. The molecule has 1 aliphatic heterocycles. The summed E-state index contributed by atoms with van der Waals surface area (Å²) in [6, 6.07) is 16.4. The van der Waals surface area contributed by atoms with E-state index in [1.54, 1.807) is 0 Å². The summed E-state index contributed by atoms with van der Waals surface area (Å²) in [6.07, 6.45) is 4.16. The van der Waals surface area contributed by atoms with Gasteiger partial charge in [0.2, 0.25) is 0 Å². The summed E-state index contributed by atoms with van der Waals surface area (Å²) < 4.78 is 0. The highest BCUT2D eigenvalue weighted by molar-refractivity contribution is 6.35. The number of H-pyrrole nitrogens is 1. The first-order valence-electron chi connectivity index (χ1n) is 10.5. The van der Waals surface area contributed by atoms with Gasteiger partial charge >= 0.3 is 0 Å². The fraction of sp³-hybridized carbons (Fsp3) is 0.269. The molecule has 0 radical (unpaired) electrons. The van der Waals surface area contributed by atoms with Crippen LogP contribution in [0.15, 0.2) is 48.5 Å². The second-order valence-electron chi connectivity index (χ2n) is 8.31. The fourth-order valence-electron chi connectivity index (χ4n) is 4.20. The summed E-state index contributed by atoms with van der Waals surface area (Å²) in [4.78, 5) is 18.4. The molecule has 0 fully saturated rings. The predicted octanol–water partition coefficient (Wildman–Crippen LogP) is 5.29. The standard InChI is InChI=1S/C26H29N3O/c1-17-21(11-8-14-29(3)4)18(2)27-24(17)16-23-22-13-12-20(15-25(22)28-26(23)30)19-9-6-5-7-10-19/h5-7,9-10,12-13,15-16,27H,8,11,14H2,1-4H3,(H,28,30)/b23-16-. The molecule has 154 valence electrons. The first-order chi connectivity index (χ1) is 14.4. The van der Waals surface area contributed by atoms with Crippen LogP contribution in [0.5, 0.6) is 0 Å². The Morgan fingerprint density at radius 3 is 2.50 bits per heavy atom. The Hall–Kier alpha value is -3.11. The van der Waals surface area contributed by atoms with E-state index in [1.165, 1.54) is 16.8 Å². The lowest BCUT2D eigenvalue weighted by Crippen LogP contribution is -2.13. The molecule has 2 N–H and O–H groups in total. The number of hydrogen-bond donors (Lipinski definition) is 2. The van der Waals surface area contributed by atoms with E-state index in [9.17, 15) is 4.79 Å². The molecule has 0 saturated heterocycles. The van der Waals surface area contributed by atoms with Gasteiger partial charge in [0, 0.05) is 22.6 Å². The van der Waals surface area contributed by atoms with Gasteiger partial charge in [0.25, 0.3) is 5.91 Å². The Bertz CT molecular complexity index is 1110. The molecule has 2 heterocycles. The number of rotatable bonds is 6. The van der Waals surface area contributed by atoms with Crippen LogP contribution in [0.25, 0.3) is 22.8 Å². The van der Waals surface area contributed by atoms with E-state index in [0.29, 0.717) is 5.57 Å². The Balaban J connectivity index is 1.64. The number of fused-ring (bicyclic) bond motifs is 1. The number of nitrogens with zero attached hydrogens (tertiary/aromatic N) is 1. The van der Waals surface area contributed by atoms with E-state index in [4.69, 9.17) is 0 Å². The van der Waals surface area contributed by atoms with Crippen molar-refractivity contribution in [3.05, 3.63) is 76.6 Å². The lowest BCUT2D eigenvalue weighted by molar-refractivity contribution is -0.110. The van der Waals surface area contributed by atoms with Crippen LogP contribution in [0, 0.1) is 13.8 Å². The van der Waals surface area contributed by atoms with Crippen LogP contribution in [-0.2, 0) is 11.2 Å². The SMILES string of the molecule is Cc1[nH]c(/C=C2\C(=O)Nc3cc(-c4ccccc4)ccc32)c(C)c1CCCN(C)C. The van der Waals surface area contributed by atoms with Gasteiger partial charge in [-0.05, 0) is 81.7 Å². The van der Waals surface area contributed by atoms with Crippen molar-refractivity contribution in [3.63, 3.8) is 0 Å². The van der Waals surface area contributed by atoms with Gasteiger partial charge in [-0.15, -0.1) is 0 Å². The zero-order chi connectivity index (χ0) is 21.3. The van der Waals surface area contributed by atoms with Crippen LogP contribution in [0.3, 0.4) is 0 Å². The third-order valence-electron chi connectivity index (χ3n) is 5.86. The van der Waals surface area contributed by atoms with Crippen molar-refractivity contribution >= 4 is 23.2 Å². The molecule has 1 aromatic heterocycles. The van der Waals surface area contributed by atoms with E-state index in [-0.39, 0.29) is 5.91 Å². The molecule has 1 amide bonds. The zero-order valence-corrected chi connectivity index (χ0v) is 18.2. The number of aromatic amines is 1. The molecule has 0 saturated carbocycles. The van der Waals surface area contributed by atoms with Crippen molar-refractivity contribution in [1.29, 1.82) is 0 Å². The number of anilines is 1. The second kappa shape index (κ2) is 8.33. The quantitative estimate of drug-likeness (QED) is 0.554. The van der Waals surface area contributed by atoms with Crippen LogP contribution in [-0.4, -0.2) is 36.4 Å². The van der Waals surface area contributed by atoms with Crippen LogP contribution in [0.2, 0.25) is 0 Å². The molecule has 1 aliphatic rings. The van der Waals surface area contributed by atoms with Crippen LogP contribution in [0.4, 0.5) is 5.69 Å². The average molecular weight is 400 g/mol. The van der Waals surface area contributed by atoms with Crippen molar-refractivity contribution in [3.8, 4) is 11.1 Å². The summed E-state index contributed by atoms with van der Waals surface area (Å²) in [6.45, 7) is 5.34. The van der Waals surface area contributed by atoms with E-state index >= 15 is 0 Å². The van der Waals surface area contributed by atoms with Crippen LogP contribution < -0.4 is 5.32 Å². The summed E-state index contributed by atoms with van der Waals surface area (Å²) in [7, 11) is 4.21. The molecule has 0 atom stereocenters. The minimum Gasteiger partial charge on any atom is -0.359 e. The lowest BCUT2D eigenvalue weighted by atomic mass is 9.99. The van der Waals surface area contributed by atoms with Gasteiger partial charge < -0.3 is 15.2 Å². The average Bonchev–Trinajstić information content (AvgIpc) is 3.18. The van der Waals surface area contributed by atoms with Crippen molar-refractivity contribution in [2.24, 2.45) is 0 Å². The first kappa shape index (κ1) is 20.2. The summed E-state index contributed by atoms with van der Waals surface area (Å²) in [5, 5.41) is 3.04. The molecule has 4 nitrogen and oxygen atoms in total. The molecule has 3 aromatic rings. The number of carbonyl (C=O) groups is 1. The maximum absolute atomic E-state index is 12.7. The normalized spacial score (nSPS) is 14.4. The van der Waals surface area contributed by atoms with Gasteiger partial charge in [-0.2, -0.15) is 0 Å². The van der Waals surface area contributed by atoms with E-state index < -0.39 is 0 Å². The smallest absolute Gasteiger partial charge is 0.256 e. The number of hydrogen-bond acceptors (Lipinski definition) is 2. The Kier molecular flexibility index (Phi) is 5.60. The van der Waals surface area contributed by atoms with Crippen LogP contribution in [0.1, 0.15) is 34.5 Å². The summed E-state index contributed by atoms with van der Waals surface area (Å²) in [5.41, 5.74) is 9.61. The van der Waals surface area contributed by atoms with E-state index in [1.807, 2.05) is 30.3 Å². The number of carbonyl (C=O) groups excluding carboxylic acids is 1. The highest BCUT2D eigenvalue weighted by Gasteiger charge is 2.25. The number of nitrogens with one attached hydrogen (secondary N) is 2. The van der Waals surface area contributed by atoms with E-state index in [0.717, 1.165) is 47.5 Å². The van der Waals surface area contributed by atoms with Gasteiger partial charge in [0.15, 0.2) is 0 Å². The first-order valence-corrected chi connectivity index (χ1v) is 10.5. The fourth-order valence-corrected chi connectivity index (χ4v) is 4.20. The molecular formula is C26H29N3O. The molecule has 0 aliphatic carbocycles. The van der Waals surface area contributed by atoms with Gasteiger partial charge in [-0.3, -0.25) is 4.79 Å². The zero-order valence-electron chi connectivity index (χ0n) is 18.2. The molecule has 4 heteroatoms. The third-order valence-corrected chi connectivity index (χ3v) is 5.86. The summed E-state index contributed by atoms with van der Waals surface area (Å²) in [5.74, 6) is -0.0453. The van der Waals surface area contributed by atoms with Crippen molar-refractivity contribution in [2.75, 3.05) is 26.0 Å². The van der Waals surface area contributed by atoms with Gasteiger partial charge in [-0.25, -0.2) is 0 Å². The Labute approximate surface area is 178 Å². The van der Waals surface area contributed by atoms with Crippen LogP contribution >= 0.6 is 0 Å². The minimum absolute atomic E-state index is 0.0453. The topological polar surface area (TPSA) is 48.1 Å². The van der Waals surface area contributed by atoms with Gasteiger partial charge in [0.1, 0.15) is 0 Å². The Morgan fingerprint density at radius 1 is 1.00 bits per heavy atom. The van der Waals surface area contributed by atoms with Crippen molar-refractivity contribution < 1.29 is 4.79 Å². The predicted molar refractivity (Wildman–Crippen MR) is 126 cm³/mol. The maximum atomic E-state index is 12.7. The lowest BCUT2D eigenvalue weighted by Gasteiger charge is -2.09. The number of amides is 1. The molecule has 0 spiro atoms. The molecule has 0 unspecified atom stereocenters. The molecule has 30 heavy (non-hydrogen) atoms. The number of aryl methyl sites for hydroxylation is 1. The third kappa shape index (κ3) is 3.96. The number of aromatic nitrogens is 1. The highest BCUT2D eigenvalue weighted by Crippen LogP contribution is 2.36. The Morgan fingerprint density at radius 2 is 1.77 bits per heavy atom. The molecule has 0 bridgehead atoms. The molecule has 2 aromatic carbocycles. The minimum atomic E-state index is -0.0453. The molecule has 4 rings (SSSR count).